The zero-order chi connectivity index (χ0) is 15.3. The molecule has 0 spiro atoms. The Kier molecular flexibility index (Phi) is 5.35. The third kappa shape index (κ3) is 5.46. The number of hydrogen-bond donors (Lipinski definition) is 2. The van der Waals surface area contributed by atoms with Gasteiger partial charge in [-0.05, 0) is 34.1 Å². The minimum atomic E-state index is -0.566. The predicted octanol–water partition coefficient (Wildman–Crippen LogP) is 0.248. The number of nitrogens with one attached hydrogen (secondary N) is 2. The van der Waals surface area contributed by atoms with E-state index in [0.29, 0.717) is 26.1 Å². The quantitative estimate of drug-likeness (QED) is 0.572. The summed E-state index contributed by atoms with van der Waals surface area (Å²) in [4.78, 5) is 35.8. The lowest BCUT2D eigenvalue weighted by atomic mass is 10.2. The SMILES string of the molecule is C[C@H]1CN(CCCNC(=O)OC(C)(C)C)C(=O)C(=O)N1. The molecule has 1 aliphatic rings. The van der Waals surface area contributed by atoms with Crippen LogP contribution in [0.3, 0.4) is 0 Å². The van der Waals surface area contributed by atoms with Crippen LogP contribution >= 0.6 is 0 Å². The van der Waals surface area contributed by atoms with Gasteiger partial charge in [-0.15, -0.1) is 0 Å². The normalized spacial score (nSPS) is 19.6. The van der Waals surface area contributed by atoms with Crippen molar-refractivity contribution >= 4 is 17.9 Å². The Morgan fingerprint density at radius 2 is 2.10 bits per heavy atom. The Bertz CT molecular complexity index is 390. The van der Waals surface area contributed by atoms with Gasteiger partial charge in [-0.1, -0.05) is 0 Å². The molecule has 7 heteroatoms. The van der Waals surface area contributed by atoms with Gasteiger partial charge in [0.1, 0.15) is 5.60 Å². The highest BCUT2D eigenvalue weighted by atomic mass is 16.6. The van der Waals surface area contributed by atoms with Crippen molar-refractivity contribution in [2.45, 2.75) is 45.8 Å². The van der Waals surface area contributed by atoms with E-state index in [1.807, 2.05) is 6.92 Å². The second kappa shape index (κ2) is 6.58. The number of nitrogens with zero attached hydrogens (tertiary/aromatic N) is 1. The molecule has 1 saturated heterocycles. The zero-order valence-corrected chi connectivity index (χ0v) is 12.5. The summed E-state index contributed by atoms with van der Waals surface area (Å²) in [7, 11) is 0. The minimum Gasteiger partial charge on any atom is -0.444 e. The summed E-state index contributed by atoms with van der Waals surface area (Å²) >= 11 is 0. The summed E-state index contributed by atoms with van der Waals surface area (Å²) in [6.45, 7) is 8.55. The highest BCUT2D eigenvalue weighted by molar-refractivity contribution is 6.35. The molecule has 1 aliphatic heterocycles. The molecule has 0 saturated carbocycles. The van der Waals surface area contributed by atoms with Crippen LogP contribution in [0.1, 0.15) is 34.1 Å². The van der Waals surface area contributed by atoms with Gasteiger partial charge in [0.05, 0.1) is 0 Å². The number of piperazine rings is 1. The third-order valence-electron chi connectivity index (χ3n) is 2.63. The van der Waals surface area contributed by atoms with Crippen molar-refractivity contribution in [1.29, 1.82) is 0 Å². The molecule has 0 radical (unpaired) electrons. The third-order valence-corrected chi connectivity index (χ3v) is 2.63. The molecule has 1 atom stereocenters. The molecule has 0 aromatic rings. The topological polar surface area (TPSA) is 87.7 Å². The smallest absolute Gasteiger partial charge is 0.407 e. The Morgan fingerprint density at radius 1 is 1.45 bits per heavy atom. The van der Waals surface area contributed by atoms with Gasteiger partial charge in [0, 0.05) is 25.7 Å². The van der Waals surface area contributed by atoms with Gasteiger partial charge in [0.25, 0.3) is 0 Å². The van der Waals surface area contributed by atoms with Crippen LogP contribution in [0.15, 0.2) is 0 Å². The van der Waals surface area contributed by atoms with Crippen molar-refractivity contribution in [1.82, 2.24) is 15.5 Å². The fraction of sp³-hybridized carbons (Fsp3) is 0.769. The molecule has 114 valence electrons. The van der Waals surface area contributed by atoms with E-state index in [-0.39, 0.29) is 6.04 Å². The van der Waals surface area contributed by atoms with Crippen molar-refractivity contribution in [3.05, 3.63) is 0 Å². The highest BCUT2D eigenvalue weighted by Crippen LogP contribution is 2.06. The molecular formula is C13H23N3O4. The van der Waals surface area contributed by atoms with Crippen LogP contribution < -0.4 is 10.6 Å². The molecule has 0 aromatic carbocycles. The molecular weight excluding hydrogens is 262 g/mol. The van der Waals surface area contributed by atoms with Crippen LogP contribution in [0.4, 0.5) is 4.79 Å². The molecule has 0 aromatic heterocycles. The Balaban J connectivity index is 2.25. The fourth-order valence-electron chi connectivity index (χ4n) is 1.86. The first-order valence-corrected chi connectivity index (χ1v) is 6.75. The minimum absolute atomic E-state index is 0.0426. The second-order valence-corrected chi connectivity index (χ2v) is 5.91. The van der Waals surface area contributed by atoms with E-state index in [9.17, 15) is 14.4 Å². The van der Waals surface area contributed by atoms with Crippen LogP contribution in [0.5, 0.6) is 0 Å². The highest BCUT2D eigenvalue weighted by Gasteiger charge is 2.29. The number of rotatable bonds is 4. The van der Waals surface area contributed by atoms with Gasteiger partial charge in [-0.3, -0.25) is 9.59 Å². The zero-order valence-electron chi connectivity index (χ0n) is 12.5. The Labute approximate surface area is 119 Å². The number of hydrogen-bond acceptors (Lipinski definition) is 4. The van der Waals surface area contributed by atoms with Crippen LogP contribution in [0.25, 0.3) is 0 Å². The largest absolute Gasteiger partial charge is 0.444 e. The number of amides is 3. The first kappa shape index (κ1) is 16.3. The van der Waals surface area contributed by atoms with Gasteiger partial charge < -0.3 is 20.3 Å². The van der Waals surface area contributed by atoms with Gasteiger partial charge in [0.2, 0.25) is 0 Å². The second-order valence-electron chi connectivity index (χ2n) is 5.91. The molecule has 1 rings (SSSR count). The number of alkyl carbamates (subject to hydrolysis) is 1. The lowest BCUT2D eigenvalue weighted by Crippen LogP contribution is -2.56. The van der Waals surface area contributed by atoms with E-state index < -0.39 is 23.5 Å². The first-order valence-electron chi connectivity index (χ1n) is 6.75. The molecule has 2 N–H and O–H groups in total. The number of carbonyl (C=O) groups is 3. The maximum Gasteiger partial charge on any atom is 0.407 e. The van der Waals surface area contributed by atoms with E-state index in [2.05, 4.69) is 10.6 Å². The fourth-order valence-corrected chi connectivity index (χ4v) is 1.86. The summed E-state index contributed by atoms with van der Waals surface area (Å²) in [5.74, 6) is -1.08. The molecule has 0 unspecified atom stereocenters. The van der Waals surface area contributed by atoms with Crippen LogP contribution in [-0.4, -0.2) is 54.1 Å². The summed E-state index contributed by atoms with van der Waals surface area (Å²) < 4.78 is 5.09. The van der Waals surface area contributed by atoms with Crippen LogP contribution in [0.2, 0.25) is 0 Å². The molecule has 1 heterocycles. The van der Waals surface area contributed by atoms with E-state index in [0.717, 1.165) is 0 Å². The first-order chi connectivity index (χ1) is 9.19. The lowest BCUT2D eigenvalue weighted by molar-refractivity contribution is -0.149. The molecule has 0 bridgehead atoms. The molecule has 0 aliphatic carbocycles. The monoisotopic (exact) mass is 285 g/mol. The van der Waals surface area contributed by atoms with Crippen molar-refractivity contribution in [2.24, 2.45) is 0 Å². The summed E-state index contributed by atoms with van der Waals surface area (Å²) in [5.41, 5.74) is -0.527. The lowest BCUT2D eigenvalue weighted by Gasteiger charge is -2.30. The van der Waals surface area contributed by atoms with Crippen LogP contribution in [0, 0.1) is 0 Å². The van der Waals surface area contributed by atoms with Crippen LogP contribution in [-0.2, 0) is 14.3 Å². The number of ether oxygens (including phenoxy) is 1. The molecule has 1 fully saturated rings. The van der Waals surface area contributed by atoms with Gasteiger partial charge >= 0.3 is 17.9 Å². The predicted molar refractivity (Wildman–Crippen MR) is 73.0 cm³/mol. The maximum atomic E-state index is 11.6. The van der Waals surface area contributed by atoms with E-state index in [1.54, 1.807) is 20.8 Å². The van der Waals surface area contributed by atoms with E-state index >= 15 is 0 Å². The Morgan fingerprint density at radius 3 is 2.70 bits per heavy atom. The maximum absolute atomic E-state index is 11.6. The summed E-state index contributed by atoms with van der Waals surface area (Å²) in [6, 6.07) is -0.0426. The van der Waals surface area contributed by atoms with Crippen molar-refractivity contribution in [3.8, 4) is 0 Å². The molecule has 20 heavy (non-hydrogen) atoms. The Hall–Kier alpha value is -1.79. The summed E-state index contributed by atoms with van der Waals surface area (Å²) in [6.07, 6.45) is 0.0962. The van der Waals surface area contributed by atoms with E-state index in [1.165, 1.54) is 4.90 Å². The van der Waals surface area contributed by atoms with Gasteiger partial charge in [-0.25, -0.2) is 4.79 Å². The summed E-state index contributed by atoms with van der Waals surface area (Å²) in [5, 5.41) is 5.19. The van der Waals surface area contributed by atoms with Crippen molar-refractivity contribution in [3.63, 3.8) is 0 Å². The standard InChI is InChI=1S/C13H23N3O4/c1-9-8-16(11(18)10(17)15-9)7-5-6-14-12(19)20-13(2,3)4/h9H,5-8H2,1-4H3,(H,14,19)(H,15,17)/t9-/m0/s1. The van der Waals surface area contributed by atoms with Crippen molar-refractivity contribution < 1.29 is 19.1 Å². The molecule has 3 amide bonds. The van der Waals surface area contributed by atoms with Gasteiger partial charge in [0.15, 0.2) is 0 Å². The average molecular weight is 285 g/mol. The van der Waals surface area contributed by atoms with Crippen molar-refractivity contribution in [2.75, 3.05) is 19.6 Å². The number of carbonyl (C=O) groups excluding carboxylic acids is 3. The van der Waals surface area contributed by atoms with Gasteiger partial charge in [-0.2, -0.15) is 0 Å². The average Bonchev–Trinajstić information content (AvgIpc) is 2.28. The van der Waals surface area contributed by atoms with E-state index in [4.69, 9.17) is 4.74 Å². The molecule has 7 nitrogen and oxygen atoms in total.